The molecule has 0 fully saturated rings. The Hall–Kier alpha value is -2.04. The SMILES string of the molecule is CC(C)(C)OC(=O)c1cc2ccc(OCF)cc2[nH]1. The molecule has 2 rings (SSSR count). The summed E-state index contributed by atoms with van der Waals surface area (Å²) >= 11 is 0. The fourth-order valence-corrected chi connectivity index (χ4v) is 1.70. The van der Waals surface area contributed by atoms with Crippen molar-refractivity contribution in [3.05, 3.63) is 30.0 Å². The van der Waals surface area contributed by atoms with Gasteiger partial charge >= 0.3 is 5.97 Å². The van der Waals surface area contributed by atoms with E-state index in [1.165, 1.54) is 0 Å². The van der Waals surface area contributed by atoms with Gasteiger partial charge in [-0.25, -0.2) is 9.18 Å². The van der Waals surface area contributed by atoms with Crippen molar-refractivity contribution in [2.45, 2.75) is 26.4 Å². The highest BCUT2D eigenvalue weighted by molar-refractivity contribution is 5.95. The highest BCUT2D eigenvalue weighted by Crippen LogP contribution is 2.22. The molecular weight excluding hydrogens is 249 g/mol. The van der Waals surface area contributed by atoms with Gasteiger partial charge in [0.1, 0.15) is 17.0 Å². The Labute approximate surface area is 110 Å². The zero-order valence-corrected chi connectivity index (χ0v) is 11.1. The number of aromatic nitrogens is 1. The molecule has 0 saturated carbocycles. The summed E-state index contributed by atoms with van der Waals surface area (Å²) in [6, 6.07) is 6.74. The Balaban J connectivity index is 2.28. The number of alkyl halides is 1. The van der Waals surface area contributed by atoms with Crippen LogP contribution >= 0.6 is 0 Å². The summed E-state index contributed by atoms with van der Waals surface area (Å²) in [5, 5.41) is 0.840. The first-order chi connectivity index (χ1) is 8.89. The van der Waals surface area contributed by atoms with Crippen LogP contribution in [0, 0.1) is 0 Å². The van der Waals surface area contributed by atoms with Gasteiger partial charge in [-0.3, -0.25) is 0 Å². The van der Waals surface area contributed by atoms with Crippen LogP contribution in [0.1, 0.15) is 31.3 Å². The molecule has 5 heteroatoms. The number of esters is 1. The Bertz CT molecular complexity index is 598. The monoisotopic (exact) mass is 265 g/mol. The number of fused-ring (bicyclic) bond motifs is 1. The van der Waals surface area contributed by atoms with Crippen molar-refractivity contribution in [3.8, 4) is 5.75 Å². The number of carbonyl (C=O) groups is 1. The molecule has 19 heavy (non-hydrogen) atoms. The molecule has 0 atom stereocenters. The molecule has 1 heterocycles. The van der Waals surface area contributed by atoms with Gasteiger partial charge < -0.3 is 14.5 Å². The Kier molecular flexibility index (Phi) is 3.46. The van der Waals surface area contributed by atoms with Gasteiger partial charge in [0.25, 0.3) is 0 Å². The Morgan fingerprint density at radius 3 is 2.68 bits per heavy atom. The van der Waals surface area contributed by atoms with Crippen LogP contribution in [-0.4, -0.2) is 23.4 Å². The number of aromatic amines is 1. The second kappa shape index (κ2) is 4.91. The molecule has 1 aromatic heterocycles. The molecule has 102 valence electrons. The zero-order valence-electron chi connectivity index (χ0n) is 11.1. The lowest BCUT2D eigenvalue weighted by atomic mass is 10.2. The number of carbonyl (C=O) groups excluding carboxylic acids is 1. The second-order valence-corrected chi connectivity index (χ2v) is 5.19. The fraction of sp³-hybridized carbons (Fsp3) is 0.357. The minimum atomic E-state index is -0.884. The normalized spacial score (nSPS) is 11.6. The predicted octanol–water partition coefficient (Wildman–Crippen LogP) is 3.43. The van der Waals surface area contributed by atoms with E-state index in [0.717, 1.165) is 5.39 Å². The van der Waals surface area contributed by atoms with E-state index >= 15 is 0 Å². The maximum atomic E-state index is 12.1. The first kappa shape index (κ1) is 13.4. The van der Waals surface area contributed by atoms with Crippen molar-refractivity contribution in [2.75, 3.05) is 6.86 Å². The van der Waals surface area contributed by atoms with Gasteiger partial charge in [0.05, 0.1) is 0 Å². The summed E-state index contributed by atoms with van der Waals surface area (Å²) in [4.78, 5) is 14.8. The molecule has 1 aromatic carbocycles. The van der Waals surface area contributed by atoms with Gasteiger partial charge in [-0.05, 0) is 39.0 Å². The van der Waals surface area contributed by atoms with Crippen LogP contribution in [0.2, 0.25) is 0 Å². The average molecular weight is 265 g/mol. The minimum absolute atomic E-state index is 0.363. The maximum Gasteiger partial charge on any atom is 0.355 e. The fourth-order valence-electron chi connectivity index (χ4n) is 1.70. The van der Waals surface area contributed by atoms with Crippen molar-refractivity contribution in [3.63, 3.8) is 0 Å². The van der Waals surface area contributed by atoms with E-state index in [2.05, 4.69) is 4.98 Å². The van der Waals surface area contributed by atoms with E-state index in [1.54, 1.807) is 45.0 Å². The largest absolute Gasteiger partial charge is 0.463 e. The molecule has 0 unspecified atom stereocenters. The van der Waals surface area contributed by atoms with Crippen LogP contribution in [0.5, 0.6) is 5.75 Å². The number of hydrogen-bond acceptors (Lipinski definition) is 3. The molecule has 0 aliphatic heterocycles. The average Bonchev–Trinajstić information content (AvgIpc) is 2.70. The lowest BCUT2D eigenvalue weighted by Crippen LogP contribution is -2.24. The molecule has 2 aromatic rings. The van der Waals surface area contributed by atoms with E-state index in [1.807, 2.05) is 0 Å². The van der Waals surface area contributed by atoms with E-state index < -0.39 is 18.4 Å². The molecule has 4 nitrogen and oxygen atoms in total. The van der Waals surface area contributed by atoms with Crippen LogP contribution in [0.25, 0.3) is 10.9 Å². The highest BCUT2D eigenvalue weighted by atomic mass is 19.1. The summed E-state index contributed by atoms with van der Waals surface area (Å²) < 4.78 is 22.1. The third kappa shape index (κ3) is 3.24. The number of halogens is 1. The van der Waals surface area contributed by atoms with Gasteiger partial charge in [-0.15, -0.1) is 0 Å². The first-order valence-electron chi connectivity index (χ1n) is 5.94. The number of rotatable bonds is 3. The molecular formula is C14H16FNO3. The lowest BCUT2D eigenvalue weighted by Gasteiger charge is -2.18. The Morgan fingerprint density at radius 2 is 2.05 bits per heavy atom. The van der Waals surface area contributed by atoms with Crippen LogP contribution in [0.15, 0.2) is 24.3 Å². The first-order valence-corrected chi connectivity index (χ1v) is 5.94. The molecule has 0 amide bonds. The molecule has 0 aliphatic rings. The topological polar surface area (TPSA) is 51.3 Å². The highest BCUT2D eigenvalue weighted by Gasteiger charge is 2.19. The van der Waals surface area contributed by atoms with E-state index in [4.69, 9.17) is 9.47 Å². The summed E-state index contributed by atoms with van der Waals surface area (Å²) in [6.07, 6.45) is 0. The third-order valence-electron chi connectivity index (χ3n) is 2.43. The van der Waals surface area contributed by atoms with Gasteiger partial charge in [-0.2, -0.15) is 0 Å². The summed E-state index contributed by atoms with van der Waals surface area (Å²) in [5.41, 5.74) is 0.519. The third-order valence-corrected chi connectivity index (χ3v) is 2.43. The van der Waals surface area contributed by atoms with E-state index in [-0.39, 0.29) is 0 Å². The van der Waals surface area contributed by atoms with Crippen LogP contribution in [0.3, 0.4) is 0 Å². The lowest BCUT2D eigenvalue weighted by molar-refractivity contribution is 0.00639. The van der Waals surface area contributed by atoms with Gasteiger partial charge in [0, 0.05) is 17.0 Å². The quantitative estimate of drug-likeness (QED) is 0.865. The predicted molar refractivity (Wildman–Crippen MR) is 70.1 cm³/mol. The van der Waals surface area contributed by atoms with Crippen molar-refractivity contribution in [1.82, 2.24) is 4.98 Å². The van der Waals surface area contributed by atoms with E-state index in [0.29, 0.717) is 17.0 Å². The number of ether oxygens (including phenoxy) is 2. The molecule has 0 spiro atoms. The number of H-pyrrole nitrogens is 1. The van der Waals surface area contributed by atoms with Crippen LogP contribution in [0.4, 0.5) is 4.39 Å². The number of hydrogen-bond donors (Lipinski definition) is 1. The Morgan fingerprint density at radius 1 is 1.32 bits per heavy atom. The molecule has 0 saturated heterocycles. The number of nitrogens with one attached hydrogen (secondary N) is 1. The standard InChI is InChI=1S/C14H16FNO3/c1-14(2,3)19-13(17)12-6-9-4-5-10(18-8-15)7-11(9)16-12/h4-7,16H,8H2,1-3H3. The van der Waals surface area contributed by atoms with Gasteiger partial charge in [0.2, 0.25) is 6.86 Å². The maximum absolute atomic E-state index is 12.1. The minimum Gasteiger partial charge on any atom is -0.463 e. The summed E-state index contributed by atoms with van der Waals surface area (Å²) in [6.45, 7) is 4.54. The van der Waals surface area contributed by atoms with E-state index in [9.17, 15) is 9.18 Å². The smallest absolute Gasteiger partial charge is 0.355 e. The summed E-state index contributed by atoms with van der Waals surface area (Å²) in [7, 11) is 0. The van der Waals surface area contributed by atoms with Gasteiger partial charge in [0.15, 0.2) is 0 Å². The van der Waals surface area contributed by atoms with Crippen molar-refractivity contribution >= 4 is 16.9 Å². The van der Waals surface area contributed by atoms with Gasteiger partial charge in [-0.1, -0.05) is 0 Å². The summed E-state index contributed by atoms with van der Waals surface area (Å²) in [5.74, 6) is -0.00995. The van der Waals surface area contributed by atoms with Crippen LogP contribution < -0.4 is 4.74 Å². The number of benzene rings is 1. The molecule has 1 N–H and O–H groups in total. The van der Waals surface area contributed by atoms with Crippen molar-refractivity contribution in [1.29, 1.82) is 0 Å². The van der Waals surface area contributed by atoms with Crippen molar-refractivity contribution < 1.29 is 18.7 Å². The second-order valence-electron chi connectivity index (χ2n) is 5.19. The van der Waals surface area contributed by atoms with Crippen LogP contribution in [-0.2, 0) is 4.74 Å². The molecule has 0 bridgehead atoms. The van der Waals surface area contributed by atoms with Crippen molar-refractivity contribution in [2.24, 2.45) is 0 Å². The molecule has 0 radical (unpaired) electrons. The zero-order chi connectivity index (χ0) is 14.0. The molecule has 0 aliphatic carbocycles.